The molecule has 0 aromatic carbocycles. The van der Waals surface area contributed by atoms with E-state index in [-0.39, 0.29) is 11.1 Å². The standard InChI is InChI=1S/C18H27NO2/c1-17(2)11-14(20)16-13-6-5-7-18(10-13,21-15(16)12-17)19-8-3-4-9-19/h13H,3-12H2,1-2H3. The zero-order valence-corrected chi connectivity index (χ0v) is 13.4. The van der Waals surface area contributed by atoms with Crippen molar-refractivity contribution in [3.05, 3.63) is 11.3 Å². The molecule has 0 aromatic rings. The summed E-state index contributed by atoms with van der Waals surface area (Å²) >= 11 is 0. The molecule has 4 aliphatic rings. The molecule has 2 fully saturated rings. The SMILES string of the molecule is CC1(C)CC(=O)C2=C(C1)OC1(N3CCCC3)CCCC2C1. The molecule has 2 aliphatic heterocycles. The summed E-state index contributed by atoms with van der Waals surface area (Å²) in [5, 5.41) is 0. The van der Waals surface area contributed by atoms with E-state index in [0.717, 1.165) is 30.6 Å². The largest absolute Gasteiger partial charge is 0.476 e. The second-order valence-electron chi connectivity index (χ2n) is 8.31. The molecule has 2 unspecified atom stereocenters. The lowest BCUT2D eigenvalue weighted by atomic mass is 9.67. The third-order valence-electron chi connectivity index (χ3n) is 5.97. The van der Waals surface area contributed by atoms with Crippen LogP contribution >= 0.6 is 0 Å². The number of Topliss-reactive ketones (excluding diaryl/α,β-unsaturated/α-hetero) is 1. The Bertz CT molecular complexity index is 501. The molecule has 3 heteroatoms. The minimum Gasteiger partial charge on any atom is -0.476 e. The fourth-order valence-electron chi connectivity index (χ4n) is 5.08. The zero-order valence-electron chi connectivity index (χ0n) is 13.4. The number of likely N-dealkylation sites (tertiary alicyclic amines) is 1. The van der Waals surface area contributed by atoms with Crippen molar-refractivity contribution in [2.24, 2.45) is 11.3 Å². The first-order chi connectivity index (χ1) is 9.99. The third-order valence-corrected chi connectivity index (χ3v) is 5.97. The number of nitrogens with zero attached hydrogens (tertiary/aromatic N) is 1. The van der Waals surface area contributed by atoms with Crippen LogP contribution in [0.25, 0.3) is 0 Å². The van der Waals surface area contributed by atoms with Gasteiger partial charge in [-0.15, -0.1) is 0 Å². The second kappa shape index (κ2) is 4.58. The predicted octanol–water partition coefficient (Wildman–Crippen LogP) is 3.64. The molecule has 4 rings (SSSR count). The molecule has 116 valence electrons. The zero-order chi connectivity index (χ0) is 14.7. The molecule has 21 heavy (non-hydrogen) atoms. The fourth-order valence-corrected chi connectivity index (χ4v) is 5.08. The van der Waals surface area contributed by atoms with E-state index >= 15 is 0 Å². The summed E-state index contributed by atoms with van der Waals surface area (Å²) in [6.45, 7) is 6.75. The summed E-state index contributed by atoms with van der Waals surface area (Å²) in [6, 6.07) is 0. The number of carbonyl (C=O) groups is 1. The quantitative estimate of drug-likeness (QED) is 0.738. The molecule has 0 radical (unpaired) electrons. The van der Waals surface area contributed by atoms with Crippen LogP contribution in [-0.4, -0.2) is 29.5 Å². The first kappa shape index (κ1) is 13.8. The molecule has 0 N–H and O–H groups in total. The highest BCUT2D eigenvalue weighted by Crippen LogP contribution is 2.52. The van der Waals surface area contributed by atoms with E-state index in [1.165, 1.54) is 38.8 Å². The van der Waals surface area contributed by atoms with Gasteiger partial charge in [0.2, 0.25) is 0 Å². The molecule has 2 aliphatic carbocycles. The lowest BCUT2D eigenvalue weighted by Gasteiger charge is -2.53. The Balaban J connectivity index is 1.72. The lowest BCUT2D eigenvalue weighted by molar-refractivity contribution is -0.170. The van der Waals surface area contributed by atoms with E-state index in [2.05, 4.69) is 18.7 Å². The summed E-state index contributed by atoms with van der Waals surface area (Å²) in [6.07, 6.45) is 8.83. The van der Waals surface area contributed by atoms with Crippen LogP contribution in [0.5, 0.6) is 0 Å². The van der Waals surface area contributed by atoms with Crippen molar-refractivity contribution in [2.45, 2.75) is 70.9 Å². The third kappa shape index (κ3) is 2.16. The van der Waals surface area contributed by atoms with E-state index in [1.807, 2.05) is 0 Å². The lowest BCUT2D eigenvalue weighted by Crippen LogP contribution is -2.56. The van der Waals surface area contributed by atoms with Crippen molar-refractivity contribution >= 4 is 5.78 Å². The minimum absolute atomic E-state index is 0.0632. The van der Waals surface area contributed by atoms with Gasteiger partial charge >= 0.3 is 0 Å². The number of ether oxygens (including phenoxy) is 1. The van der Waals surface area contributed by atoms with Gasteiger partial charge in [0.15, 0.2) is 11.5 Å². The van der Waals surface area contributed by atoms with Gasteiger partial charge in [0, 0.05) is 44.3 Å². The summed E-state index contributed by atoms with van der Waals surface area (Å²) in [7, 11) is 0. The van der Waals surface area contributed by atoms with Crippen LogP contribution < -0.4 is 0 Å². The number of allylic oxidation sites excluding steroid dienone is 2. The van der Waals surface area contributed by atoms with E-state index in [0.29, 0.717) is 18.1 Å². The van der Waals surface area contributed by atoms with Crippen molar-refractivity contribution in [1.29, 1.82) is 0 Å². The molecular formula is C18H27NO2. The van der Waals surface area contributed by atoms with Gasteiger partial charge in [-0.2, -0.15) is 0 Å². The van der Waals surface area contributed by atoms with E-state index in [4.69, 9.17) is 4.74 Å². The maximum Gasteiger partial charge on any atom is 0.163 e. The molecule has 2 bridgehead atoms. The highest BCUT2D eigenvalue weighted by Gasteiger charge is 2.52. The van der Waals surface area contributed by atoms with Gasteiger partial charge in [-0.05, 0) is 37.0 Å². The van der Waals surface area contributed by atoms with E-state index in [1.54, 1.807) is 0 Å². The number of carbonyl (C=O) groups excluding carboxylic acids is 1. The molecule has 1 saturated heterocycles. The van der Waals surface area contributed by atoms with Gasteiger partial charge in [-0.25, -0.2) is 0 Å². The molecule has 0 aromatic heterocycles. The number of ketones is 1. The van der Waals surface area contributed by atoms with Crippen LogP contribution in [0.4, 0.5) is 0 Å². The van der Waals surface area contributed by atoms with Crippen LogP contribution in [0.2, 0.25) is 0 Å². The van der Waals surface area contributed by atoms with Gasteiger partial charge < -0.3 is 4.74 Å². The van der Waals surface area contributed by atoms with Crippen LogP contribution in [-0.2, 0) is 9.53 Å². The molecule has 2 heterocycles. The van der Waals surface area contributed by atoms with Crippen molar-refractivity contribution < 1.29 is 9.53 Å². The predicted molar refractivity (Wildman–Crippen MR) is 81.6 cm³/mol. The van der Waals surface area contributed by atoms with Crippen LogP contribution in [0, 0.1) is 11.3 Å². The van der Waals surface area contributed by atoms with Crippen LogP contribution in [0.1, 0.15) is 65.2 Å². The Hall–Kier alpha value is -0.830. The van der Waals surface area contributed by atoms with Gasteiger partial charge in [-0.1, -0.05) is 13.8 Å². The Kier molecular flexibility index (Phi) is 3.01. The maximum absolute atomic E-state index is 12.6. The summed E-state index contributed by atoms with van der Waals surface area (Å²) in [5.41, 5.74) is 1.06. The second-order valence-corrected chi connectivity index (χ2v) is 8.31. The summed E-state index contributed by atoms with van der Waals surface area (Å²) < 4.78 is 6.62. The Morgan fingerprint density at radius 3 is 2.67 bits per heavy atom. The van der Waals surface area contributed by atoms with E-state index in [9.17, 15) is 4.79 Å². The topological polar surface area (TPSA) is 29.5 Å². The molecule has 1 saturated carbocycles. The van der Waals surface area contributed by atoms with E-state index < -0.39 is 0 Å². The molecule has 3 nitrogen and oxygen atoms in total. The number of hydrogen-bond donors (Lipinski definition) is 0. The fraction of sp³-hybridized carbons (Fsp3) is 0.833. The first-order valence-corrected chi connectivity index (χ1v) is 8.69. The van der Waals surface area contributed by atoms with Gasteiger partial charge in [-0.3, -0.25) is 9.69 Å². The van der Waals surface area contributed by atoms with Crippen LogP contribution in [0.3, 0.4) is 0 Å². The van der Waals surface area contributed by atoms with Crippen LogP contribution in [0.15, 0.2) is 11.3 Å². The summed E-state index contributed by atoms with van der Waals surface area (Å²) in [4.78, 5) is 15.2. The number of fused-ring (bicyclic) bond motifs is 3. The monoisotopic (exact) mass is 289 g/mol. The Labute approximate surface area is 127 Å². The maximum atomic E-state index is 12.6. The summed E-state index contributed by atoms with van der Waals surface area (Å²) in [5.74, 6) is 1.88. The smallest absolute Gasteiger partial charge is 0.163 e. The minimum atomic E-state index is -0.0774. The number of rotatable bonds is 1. The van der Waals surface area contributed by atoms with Gasteiger partial charge in [0.1, 0.15) is 5.76 Å². The first-order valence-electron chi connectivity index (χ1n) is 8.69. The molecule has 2 atom stereocenters. The molecule has 0 amide bonds. The van der Waals surface area contributed by atoms with Gasteiger partial charge in [0.25, 0.3) is 0 Å². The molecule has 0 spiro atoms. The normalized spacial score (nSPS) is 39.1. The highest BCUT2D eigenvalue weighted by atomic mass is 16.5. The van der Waals surface area contributed by atoms with Crippen molar-refractivity contribution in [2.75, 3.05) is 13.1 Å². The average molecular weight is 289 g/mol. The number of hydrogen-bond acceptors (Lipinski definition) is 3. The van der Waals surface area contributed by atoms with Gasteiger partial charge in [0.05, 0.1) is 0 Å². The van der Waals surface area contributed by atoms with Crippen molar-refractivity contribution in [1.82, 2.24) is 4.90 Å². The Morgan fingerprint density at radius 2 is 1.90 bits per heavy atom. The molecular weight excluding hydrogens is 262 g/mol. The average Bonchev–Trinajstić information content (AvgIpc) is 2.90. The van der Waals surface area contributed by atoms with Crippen molar-refractivity contribution in [3.8, 4) is 0 Å². The van der Waals surface area contributed by atoms with Crippen molar-refractivity contribution in [3.63, 3.8) is 0 Å². The highest BCUT2D eigenvalue weighted by molar-refractivity contribution is 5.97. The Morgan fingerprint density at radius 1 is 1.14 bits per heavy atom.